The Kier molecular flexibility index (Phi) is 5.20. The average Bonchev–Trinajstić information content (AvgIpc) is 2.94. The molecule has 1 saturated carbocycles. The third-order valence-corrected chi connectivity index (χ3v) is 4.00. The van der Waals surface area contributed by atoms with Crippen LogP contribution >= 0.6 is 0 Å². The lowest BCUT2D eigenvalue weighted by Crippen LogP contribution is -2.40. The first-order chi connectivity index (χ1) is 10.1. The maximum Gasteiger partial charge on any atom is 0.315 e. The summed E-state index contributed by atoms with van der Waals surface area (Å²) in [5, 5.41) is 14.6. The predicted octanol–water partition coefficient (Wildman–Crippen LogP) is 2.30. The number of carbonyl (C=O) groups is 2. The summed E-state index contributed by atoms with van der Waals surface area (Å²) >= 11 is 0. The maximum atomic E-state index is 11.8. The van der Waals surface area contributed by atoms with Crippen LogP contribution in [0.3, 0.4) is 0 Å². The number of nitrogens with one attached hydrogen (secondary N) is 2. The van der Waals surface area contributed by atoms with Crippen LogP contribution in [0.25, 0.3) is 0 Å². The quantitative estimate of drug-likeness (QED) is 0.778. The minimum absolute atomic E-state index is 0.0337. The van der Waals surface area contributed by atoms with Gasteiger partial charge in [-0.3, -0.25) is 4.79 Å². The zero-order valence-corrected chi connectivity index (χ0v) is 12.3. The minimum atomic E-state index is -0.768. The molecule has 3 N–H and O–H groups in total. The molecule has 0 saturated heterocycles. The number of aryl methyl sites for hydroxylation is 1. The predicted molar refractivity (Wildman–Crippen MR) is 80.0 cm³/mol. The molecule has 0 radical (unpaired) electrons. The maximum absolute atomic E-state index is 11.8. The molecule has 1 aliphatic carbocycles. The Hall–Kier alpha value is -2.04. The lowest BCUT2D eigenvalue weighted by Gasteiger charge is -2.13. The van der Waals surface area contributed by atoms with Gasteiger partial charge in [0.25, 0.3) is 0 Å². The van der Waals surface area contributed by atoms with Crippen LogP contribution < -0.4 is 10.6 Å². The zero-order chi connectivity index (χ0) is 15.2. The van der Waals surface area contributed by atoms with E-state index in [9.17, 15) is 9.59 Å². The van der Waals surface area contributed by atoms with Crippen molar-refractivity contribution in [3.05, 3.63) is 35.4 Å². The van der Waals surface area contributed by atoms with E-state index in [0.29, 0.717) is 19.4 Å². The highest BCUT2D eigenvalue weighted by molar-refractivity contribution is 5.75. The largest absolute Gasteiger partial charge is 0.481 e. The number of amides is 2. The molecular formula is C16H22N2O3. The second-order valence-electron chi connectivity index (χ2n) is 5.54. The summed E-state index contributed by atoms with van der Waals surface area (Å²) in [7, 11) is 0. The first-order valence-electron chi connectivity index (χ1n) is 7.43. The van der Waals surface area contributed by atoms with Crippen LogP contribution in [0.1, 0.15) is 37.3 Å². The third kappa shape index (κ3) is 4.48. The lowest BCUT2D eigenvalue weighted by molar-refractivity contribution is -0.141. The highest BCUT2D eigenvalue weighted by atomic mass is 16.4. The molecule has 114 valence electrons. The normalized spacial score (nSPS) is 21.0. The van der Waals surface area contributed by atoms with E-state index in [1.165, 1.54) is 5.56 Å². The summed E-state index contributed by atoms with van der Waals surface area (Å²) in [5.74, 6) is -1.09. The molecule has 2 amide bonds. The van der Waals surface area contributed by atoms with Crippen LogP contribution in [0.2, 0.25) is 0 Å². The second kappa shape index (κ2) is 7.11. The Morgan fingerprint density at radius 1 is 1.19 bits per heavy atom. The van der Waals surface area contributed by atoms with Crippen molar-refractivity contribution in [3.8, 4) is 0 Å². The van der Waals surface area contributed by atoms with E-state index in [1.807, 2.05) is 12.1 Å². The zero-order valence-electron chi connectivity index (χ0n) is 12.3. The van der Waals surface area contributed by atoms with Gasteiger partial charge in [-0.15, -0.1) is 0 Å². The number of urea groups is 1. The van der Waals surface area contributed by atoms with Gasteiger partial charge >= 0.3 is 12.0 Å². The molecule has 1 aromatic carbocycles. The van der Waals surface area contributed by atoms with Crippen molar-refractivity contribution in [1.82, 2.24) is 10.6 Å². The van der Waals surface area contributed by atoms with E-state index < -0.39 is 5.97 Å². The summed E-state index contributed by atoms with van der Waals surface area (Å²) in [6.07, 6.45) is 2.89. The minimum Gasteiger partial charge on any atom is -0.481 e. The molecule has 5 heteroatoms. The number of aliphatic carboxylic acids is 1. The first kappa shape index (κ1) is 15.4. The van der Waals surface area contributed by atoms with Gasteiger partial charge in [-0.05, 0) is 36.8 Å². The molecule has 2 rings (SSSR count). The van der Waals surface area contributed by atoms with Crippen LogP contribution in [0.4, 0.5) is 4.79 Å². The number of carboxylic acid groups (broad SMARTS) is 1. The van der Waals surface area contributed by atoms with Crippen LogP contribution in [0, 0.1) is 5.92 Å². The molecule has 0 bridgehead atoms. The summed E-state index contributed by atoms with van der Waals surface area (Å²) in [6.45, 7) is 2.58. The molecule has 0 heterocycles. The monoisotopic (exact) mass is 290 g/mol. The molecule has 0 aromatic heterocycles. The molecule has 0 spiro atoms. The van der Waals surface area contributed by atoms with E-state index >= 15 is 0 Å². The van der Waals surface area contributed by atoms with E-state index in [4.69, 9.17) is 5.11 Å². The molecule has 1 fully saturated rings. The van der Waals surface area contributed by atoms with Gasteiger partial charge in [-0.25, -0.2) is 4.79 Å². The highest BCUT2D eigenvalue weighted by Crippen LogP contribution is 2.25. The molecule has 0 unspecified atom stereocenters. The van der Waals surface area contributed by atoms with Gasteiger partial charge < -0.3 is 15.7 Å². The van der Waals surface area contributed by atoms with Crippen molar-refractivity contribution in [2.24, 2.45) is 5.92 Å². The molecular weight excluding hydrogens is 268 g/mol. The van der Waals surface area contributed by atoms with Gasteiger partial charge in [-0.1, -0.05) is 31.2 Å². The first-order valence-corrected chi connectivity index (χ1v) is 7.43. The summed E-state index contributed by atoms with van der Waals surface area (Å²) < 4.78 is 0. The summed E-state index contributed by atoms with van der Waals surface area (Å²) in [4.78, 5) is 22.7. The summed E-state index contributed by atoms with van der Waals surface area (Å²) in [5.41, 5.74) is 2.33. The molecule has 5 nitrogen and oxygen atoms in total. The lowest BCUT2D eigenvalue weighted by atomic mass is 10.1. The Labute approximate surface area is 124 Å². The number of hydrogen-bond donors (Lipinski definition) is 3. The van der Waals surface area contributed by atoms with Crippen LogP contribution in [0.15, 0.2) is 24.3 Å². The van der Waals surface area contributed by atoms with Crippen molar-refractivity contribution in [3.63, 3.8) is 0 Å². The van der Waals surface area contributed by atoms with Gasteiger partial charge in [0.1, 0.15) is 0 Å². The van der Waals surface area contributed by atoms with Crippen LogP contribution in [-0.4, -0.2) is 23.1 Å². The van der Waals surface area contributed by atoms with Gasteiger partial charge in [0.15, 0.2) is 0 Å². The Morgan fingerprint density at radius 2 is 1.86 bits per heavy atom. The van der Waals surface area contributed by atoms with Gasteiger partial charge in [0, 0.05) is 12.6 Å². The fourth-order valence-corrected chi connectivity index (χ4v) is 2.65. The third-order valence-electron chi connectivity index (χ3n) is 4.00. The van der Waals surface area contributed by atoms with Crippen molar-refractivity contribution in [2.75, 3.05) is 0 Å². The summed E-state index contributed by atoms with van der Waals surface area (Å²) in [6, 6.07) is 7.87. The SMILES string of the molecule is CCc1ccc(CNC(=O)N[C@H]2CC[C@@H](C(=O)O)C2)cc1. The average molecular weight is 290 g/mol. The highest BCUT2D eigenvalue weighted by Gasteiger charge is 2.30. The Balaban J connectivity index is 1.73. The molecule has 1 aliphatic rings. The van der Waals surface area contributed by atoms with E-state index in [1.54, 1.807) is 0 Å². The molecule has 2 atom stereocenters. The van der Waals surface area contributed by atoms with Gasteiger partial charge in [0.2, 0.25) is 0 Å². The number of benzene rings is 1. The fourth-order valence-electron chi connectivity index (χ4n) is 2.65. The number of carbonyl (C=O) groups excluding carboxylic acids is 1. The van der Waals surface area contributed by atoms with Crippen molar-refractivity contribution in [1.29, 1.82) is 0 Å². The molecule has 21 heavy (non-hydrogen) atoms. The van der Waals surface area contributed by atoms with E-state index in [0.717, 1.165) is 18.4 Å². The van der Waals surface area contributed by atoms with Gasteiger partial charge in [-0.2, -0.15) is 0 Å². The molecule has 1 aromatic rings. The topological polar surface area (TPSA) is 78.4 Å². The number of rotatable bonds is 5. The Morgan fingerprint density at radius 3 is 2.43 bits per heavy atom. The fraction of sp³-hybridized carbons (Fsp3) is 0.500. The second-order valence-corrected chi connectivity index (χ2v) is 5.54. The van der Waals surface area contributed by atoms with Crippen LogP contribution in [0.5, 0.6) is 0 Å². The molecule has 0 aliphatic heterocycles. The van der Waals surface area contributed by atoms with E-state index in [2.05, 4.69) is 29.7 Å². The number of carboxylic acids is 1. The standard InChI is InChI=1S/C16H22N2O3/c1-2-11-3-5-12(6-4-11)10-17-16(21)18-14-8-7-13(9-14)15(19)20/h3-6,13-14H,2,7-10H2,1H3,(H,19,20)(H2,17,18,21)/t13-,14+/m1/s1. The smallest absolute Gasteiger partial charge is 0.315 e. The van der Waals surface area contributed by atoms with Crippen molar-refractivity contribution >= 4 is 12.0 Å². The van der Waals surface area contributed by atoms with Crippen molar-refractivity contribution in [2.45, 2.75) is 45.2 Å². The van der Waals surface area contributed by atoms with Gasteiger partial charge in [0.05, 0.1) is 5.92 Å². The van der Waals surface area contributed by atoms with Crippen molar-refractivity contribution < 1.29 is 14.7 Å². The Bertz CT molecular complexity index is 499. The van der Waals surface area contributed by atoms with Crippen LogP contribution in [-0.2, 0) is 17.8 Å². The van der Waals surface area contributed by atoms with E-state index in [-0.39, 0.29) is 18.0 Å². The number of hydrogen-bond acceptors (Lipinski definition) is 2.